The summed E-state index contributed by atoms with van der Waals surface area (Å²) < 4.78 is 5.17. The number of hydrogen-bond donors (Lipinski definition) is 1. The van der Waals surface area contributed by atoms with Crippen LogP contribution in [0.2, 0.25) is 0 Å². The molecule has 0 saturated carbocycles. The molecule has 2 aliphatic rings. The number of esters is 1. The van der Waals surface area contributed by atoms with E-state index in [9.17, 15) is 9.59 Å². The van der Waals surface area contributed by atoms with E-state index in [1.807, 2.05) is 57.9 Å². The first kappa shape index (κ1) is 23.1. The van der Waals surface area contributed by atoms with Crippen molar-refractivity contribution in [1.29, 1.82) is 0 Å². The number of rotatable bonds is 5. The second kappa shape index (κ2) is 8.91. The number of aryl methyl sites for hydroxylation is 2. The van der Waals surface area contributed by atoms with E-state index in [1.54, 1.807) is 0 Å². The third-order valence-corrected chi connectivity index (χ3v) is 6.09. The lowest BCUT2D eigenvalue weighted by molar-refractivity contribution is -0.136. The van der Waals surface area contributed by atoms with Crippen LogP contribution in [0.1, 0.15) is 63.3 Å². The van der Waals surface area contributed by atoms with E-state index in [2.05, 4.69) is 17.4 Å². The average Bonchev–Trinajstić information content (AvgIpc) is 3.07. The number of allylic oxidation sites excluding steroid dienone is 1. The minimum atomic E-state index is -0.390. The first-order chi connectivity index (χ1) is 14.6. The van der Waals surface area contributed by atoms with E-state index in [-0.39, 0.29) is 29.9 Å². The van der Waals surface area contributed by atoms with E-state index >= 15 is 0 Å². The maximum absolute atomic E-state index is 12.9. The molecule has 0 unspecified atom stereocenters. The van der Waals surface area contributed by atoms with Crippen LogP contribution in [0.5, 0.6) is 0 Å². The number of carbonyl (C=O) groups excluding carboxylic acids is 2. The zero-order valence-electron chi connectivity index (χ0n) is 19.3. The molecular formula is C24H31N3O3S. The zero-order valence-corrected chi connectivity index (χ0v) is 20.1. The molecule has 3 rings (SSSR count). The van der Waals surface area contributed by atoms with Crippen molar-refractivity contribution in [3.63, 3.8) is 0 Å². The first-order valence-electron chi connectivity index (χ1n) is 10.5. The molecule has 2 aliphatic heterocycles. The summed E-state index contributed by atoms with van der Waals surface area (Å²) in [5.41, 5.74) is 5.01. The summed E-state index contributed by atoms with van der Waals surface area (Å²) in [5, 5.41) is 5.77. The highest BCUT2D eigenvalue weighted by Crippen LogP contribution is 2.46. The van der Waals surface area contributed by atoms with Crippen LogP contribution >= 0.6 is 11.8 Å². The van der Waals surface area contributed by atoms with E-state index in [0.717, 1.165) is 33.3 Å². The van der Waals surface area contributed by atoms with Gasteiger partial charge in [-0.05, 0) is 57.6 Å². The summed E-state index contributed by atoms with van der Waals surface area (Å²) in [6, 6.07) is 5.83. The topological polar surface area (TPSA) is 71.0 Å². The Morgan fingerprint density at radius 2 is 1.97 bits per heavy atom. The van der Waals surface area contributed by atoms with Crippen molar-refractivity contribution in [3.05, 3.63) is 57.3 Å². The summed E-state index contributed by atoms with van der Waals surface area (Å²) in [6.07, 6.45) is 0.824. The molecule has 0 aromatic heterocycles. The SMILES string of the molecule is CCC1=C(C(=O)OC)[C@H](c2ccc(C)cc2C)N2C(CC(=O)NC(C)(C)C)=CSC2=N1. The number of amidine groups is 1. The summed E-state index contributed by atoms with van der Waals surface area (Å²) in [5.74, 6) is -0.454. The van der Waals surface area contributed by atoms with Crippen LogP contribution in [0.3, 0.4) is 0 Å². The number of benzene rings is 1. The van der Waals surface area contributed by atoms with Gasteiger partial charge in [-0.3, -0.25) is 4.79 Å². The molecule has 7 heteroatoms. The number of carbonyl (C=O) groups is 2. The molecule has 0 aliphatic carbocycles. The van der Waals surface area contributed by atoms with Gasteiger partial charge >= 0.3 is 5.97 Å². The second-order valence-electron chi connectivity index (χ2n) is 8.93. The molecule has 0 spiro atoms. The highest BCUT2D eigenvalue weighted by atomic mass is 32.2. The number of thioether (sulfide) groups is 1. The molecule has 0 radical (unpaired) electrons. The number of hydrogen-bond acceptors (Lipinski definition) is 6. The monoisotopic (exact) mass is 441 g/mol. The summed E-state index contributed by atoms with van der Waals surface area (Å²) in [4.78, 5) is 32.4. The lowest BCUT2D eigenvalue weighted by atomic mass is 9.89. The number of aliphatic imine (C=N–C) groups is 1. The Hall–Kier alpha value is -2.54. The smallest absolute Gasteiger partial charge is 0.338 e. The van der Waals surface area contributed by atoms with Gasteiger partial charge in [0.2, 0.25) is 5.91 Å². The quantitative estimate of drug-likeness (QED) is 0.668. The van der Waals surface area contributed by atoms with Crippen molar-refractivity contribution >= 4 is 28.8 Å². The number of methoxy groups -OCH3 is 1. The van der Waals surface area contributed by atoms with E-state index < -0.39 is 0 Å². The van der Waals surface area contributed by atoms with Crippen molar-refractivity contribution < 1.29 is 14.3 Å². The van der Waals surface area contributed by atoms with Crippen LogP contribution in [0, 0.1) is 13.8 Å². The molecule has 1 aromatic rings. The number of amides is 1. The van der Waals surface area contributed by atoms with Crippen LogP contribution < -0.4 is 5.32 Å². The third kappa shape index (κ3) is 4.87. The molecule has 1 N–H and O–H groups in total. The Balaban J connectivity index is 2.10. The molecular weight excluding hydrogens is 410 g/mol. The van der Waals surface area contributed by atoms with Gasteiger partial charge in [0.15, 0.2) is 5.17 Å². The van der Waals surface area contributed by atoms with Crippen molar-refractivity contribution in [1.82, 2.24) is 10.2 Å². The largest absolute Gasteiger partial charge is 0.466 e. The Morgan fingerprint density at radius 3 is 2.55 bits per heavy atom. The Kier molecular flexibility index (Phi) is 6.65. The molecule has 6 nitrogen and oxygen atoms in total. The van der Waals surface area contributed by atoms with Gasteiger partial charge in [-0.25, -0.2) is 9.79 Å². The number of fused-ring (bicyclic) bond motifs is 1. The average molecular weight is 442 g/mol. The lowest BCUT2D eigenvalue weighted by Crippen LogP contribution is -2.42. The molecule has 31 heavy (non-hydrogen) atoms. The Labute approximate surface area is 188 Å². The van der Waals surface area contributed by atoms with Crippen molar-refractivity contribution in [2.45, 2.75) is 66.0 Å². The first-order valence-corrected chi connectivity index (χ1v) is 11.4. The zero-order chi connectivity index (χ0) is 22.9. The van der Waals surface area contributed by atoms with Gasteiger partial charge in [-0.1, -0.05) is 42.4 Å². The third-order valence-electron chi connectivity index (χ3n) is 5.21. The molecule has 1 aromatic carbocycles. The van der Waals surface area contributed by atoms with Crippen LogP contribution in [0.4, 0.5) is 0 Å². The minimum Gasteiger partial charge on any atom is -0.466 e. The molecule has 1 amide bonds. The number of ether oxygens (including phenoxy) is 1. The molecule has 0 saturated heterocycles. The van der Waals surface area contributed by atoms with Crippen molar-refractivity contribution in [2.75, 3.05) is 7.11 Å². The fourth-order valence-corrected chi connectivity index (χ4v) is 4.90. The van der Waals surface area contributed by atoms with Crippen LogP contribution in [-0.2, 0) is 14.3 Å². The fourth-order valence-electron chi connectivity index (χ4n) is 3.97. The highest BCUT2D eigenvalue weighted by molar-refractivity contribution is 8.16. The Morgan fingerprint density at radius 1 is 1.26 bits per heavy atom. The molecule has 166 valence electrons. The fraction of sp³-hybridized carbons (Fsp3) is 0.458. The van der Waals surface area contributed by atoms with Gasteiger partial charge in [0.25, 0.3) is 0 Å². The normalized spacial score (nSPS) is 18.4. The molecule has 1 atom stereocenters. The predicted octanol–water partition coefficient (Wildman–Crippen LogP) is 4.75. The van der Waals surface area contributed by atoms with Gasteiger partial charge in [-0.15, -0.1) is 0 Å². The summed E-state index contributed by atoms with van der Waals surface area (Å²) in [7, 11) is 1.40. The number of nitrogens with zero attached hydrogens (tertiary/aromatic N) is 2. The van der Waals surface area contributed by atoms with Gasteiger partial charge in [0.05, 0.1) is 30.8 Å². The van der Waals surface area contributed by atoms with Crippen LogP contribution in [0.15, 0.2) is 45.6 Å². The summed E-state index contributed by atoms with van der Waals surface area (Å²) >= 11 is 1.49. The minimum absolute atomic E-state index is 0.0649. The van der Waals surface area contributed by atoms with Crippen molar-refractivity contribution in [3.8, 4) is 0 Å². The summed E-state index contributed by atoms with van der Waals surface area (Å²) in [6.45, 7) is 12.0. The van der Waals surface area contributed by atoms with Gasteiger partial charge in [0, 0.05) is 11.2 Å². The van der Waals surface area contributed by atoms with E-state index in [4.69, 9.17) is 9.73 Å². The molecule has 2 heterocycles. The molecule has 0 bridgehead atoms. The highest BCUT2D eigenvalue weighted by Gasteiger charge is 2.42. The van der Waals surface area contributed by atoms with E-state index in [1.165, 1.54) is 18.9 Å². The lowest BCUT2D eigenvalue weighted by Gasteiger charge is -2.37. The van der Waals surface area contributed by atoms with Crippen LogP contribution in [0.25, 0.3) is 0 Å². The van der Waals surface area contributed by atoms with Gasteiger partial charge < -0.3 is 15.0 Å². The maximum Gasteiger partial charge on any atom is 0.338 e. The van der Waals surface area contributed by atoms with Gasteiger partial charge in [0.1, 0.15) is 0 Å². The van der Waals surface area contributed by atoms with E-state index in [0.29, 0.717) is 12.0 Å². The second-order valence-corrected chi connectivity index (χ2v) is 9.77. The molecule has 0 fully saturated rings. The maximum atomic E-state index is 12.9. The Bertz CT molecular complexity index is 1000. The van der Waals surface area contributed by atoms with Gasteiger partial charge in [-0.2, -0.15) is 0 Å². The van der Waals surface area contributed by atoms with Crippen molar-refractivity contribution in [2.24, 2.45) is 4.99 Å². The van der Waals surface area contributed by atoms with Crippen LogP contribution in [-0.4, -0.2) is 34.6 Å². The predicted molar refractivity (Wildman–Crippen MR) is 125 cm³/mol. The number of nitrogens with one attached hydrogen (secondary N) is 1. The standard InChI is InChI=1S/C24H31N3O3S/c1-8-18-20(22(29)30-7)21(17-10-9-14(2)11-15(17)3)27-16(13-31-23(27)25-18)12-19(28)26-24(4,5)6/h9-11,13,21H,8,12H2,1-7H3,(H,26,28)/t21-/m0/s1.